The molecule has 142 valence electrons. The third-order valence-corrected chi connectivity index (χ3v) is 4.44. The van der Waals surface area contributed by atoms with E-state index in [1.807, 2.05) is 54.3 Å². The number of benzene rings is 1. The molecule has 0 unspecified atom stereocenters. The van der Waals surface area contributed by atoms with Crippen molar-refractivity contribution in [2.45, 2.75) is 32.4 Å². The van der Waals surface area contributed by atoms with Crippen molar-refractivity contribution in [1.29, 1.82) is 0 Å². The molecule has 2 heterocycles. The Hall–Kier alpha value is -1.77. The second-order valence-electron chi connectivity index (χ2n) is 6.23. The number of piperidine rings is 1. The number of aromatic nitrogens is 2. The molecular weight excluding hydrogens is 441 g/mol. The van der Waals surface area contributed by atoms with Crippen LogP contribution in [0.2, 0.25) is 0 Å². The lowest BCUT2D eigenvalue weighted by Gasteiger charge is -2.34. The van der Waals surface area contributed by atoms with Gasteiger partial charge in [0.25, 0.3) is 0 Å². The van der Waals surface area contributed by atoms with E-state index in [1.54, 1.807) is 0 Å². The summed E-state index contributed by atoms with van der Waals surface area (Å²) in [5.74, 6) is 1.93. The van der Waals surface area contributed by atoms with Gasteiger partial charge < -0.3 is 15.0 Å². The Morgan fingerprint density at radius 1 is 1.23 bits per heavy atom. The van der Waals surface area contributed by atoms with Gasteiger partial charge in [0, 0.05) is 45.7 Å². The van der Waals surface area contributed by atoms with Crippen molar-refractivity contribution in [3.63, 3.8) is 0 Å². The number of likely N-dealkylation sites (tertiary alicyclic amines) is 1. The quantitative estimate of drug-likeness (QED) is 0.416. The number of halogens is 1. The van der Waals surface area contributed by atoms with E-state index in [1.165, 1.54) is 0 Å². The maximum Gasteiger partial charge on any atom is 0.194 e. The van der Waals surface area contributed by atoms with Crippen LogP contribution in [-0.2, 0) is 13.6 Å². The Morgan fingerprint density at radius 2 is 1.96 bits per heavy atom. The van der Waals surface area contributed by atoms with Crippen molar-refractivity contribution in [1.82, 2.24) is 20.0 Å². The topological polar surface area (TPSA) is 54.7 Å². The number of ether oxygens (including phenoxy) is 1. The van der Waals surface area contributed by atoms with Gasteiger partial charge in [0.05, 0.1) is 12.2 Å². The van der Waals surface area contributed by atoms with Gasteiger partial charge in [-0.1, -0.05) is 18.2 Å². The highest BCUT2D eigenvalue weighted by molar-refractivity contribution is 14.0. The number of nitrogens with one attached hydrogen (secondary N) is 1. The number of para-hydroxylation sites is 1. The van der Waals surface area contributed by atoms with E-state index in [2.05, 4.69) is 22.2 Å². The van der Waals surface area contributed by atoms with Gasteiger partial charge in [-0.15, -0.1) is 24.0 Å². The number of rotatable bonds is 5. The normalized spacial score (nSPS) is 15.5. The Morgan fingerprint density at radius 3 is 2.58 bits per heavy atom. The zero-order chi connectivity index (χ0) is 17.5. The molecule has 1 fully saturated rings. The number of guanidine groups is 1. The van der Waals surface area contributed by atoms with Crippen molar-refractivity contribution in [3.05, 3.63) is 48.3 Å². The maximum atomic E-state index is 6.08. The molecule has 0 spiro atoms. The Kier molecular flexibility index (Phi) is 8.21. The van der Waals surface area contributed by atoms with Crippen LogP contribution in [0.5, 0.6) is 5.75 Å². The van der Waals surface area contributed by atoms with Crippen LogP contribution in [0.3, 0.4) is 0 Å². The van der Waals surface area contributed by atoms with Crippen LogP contribution in [0.1, 0.15) is 25.5 Å². The molecule has 1 aliphatic rings. The molecule has 0 bridgehead atoms. The van der Waals surface area contributed by atoms with Gasteiger partial charge in [0.1, 0.15) is 11.9 Å². The zero-order valence-electron chi connectivity index (χ0n) is 15.5. The molecule has 0 atom stereocenters. The number of nitrogens with zero attached hydrogens (tertiary/aromatic N) is 4. The van der Waals surface area contributed by atoms with E-state index in [0.717, 1.165) is 49.9 Å². The van der Waals surface area contributed by atoms with Crippen molar-refractivity contribution >= 4 is 29.9 Å². The molecule has 1 saturated heterocycles. The van der Waals surface area contributed by atoms with E-state index >= 15 is 0 Å². The van der Waals surface area contributed by atoms with Gasteiger partial charge >= 0.3 is 0 Å². The zero-order valence-corrected chi connectivity index (χ0v) is 17.8. The van der Waals surface area contributed by atoms with Crippen molar-refractivity contribution in [3.8, 4) is 5.75 Å². The van der Waals surface area contributed by atoms with Gasteiger partial charge in [-0.25, -0.2) is 4.99 Å². The fraction of sp³-hybridized carbons (Fsp3) is 0.474. The first-order chi connectivity index (χ1) is 12.3. The minimum atomic E-state index is 0. The lowest BCUT2D eigenvalue weighted by molar-refractivity contribution is 0.129. The van der Waals surface area contributed by atoms with Gasteiger partial charge in [0.15, 0.2) is 5.96 Å². The average Bonchev–Trinajstić information content (AvgIpc) is 3.05. The second-order valence-corrected chi connectivity index (χ2v) is 6.23. The second kappa shape index (κ2) is 10.4. The van der Waals surface area contributed by atoms with Gasteiger partial charge in [0.2, 0.25) is 0 Å². The number of hydrogen-bond acceptors (Lipinski definition) is 3. The van der Waals surface area contributed by atoms with E-state index in [-0.39, 0.29) is 30.1 Å². The molecule has 3 rings (SSSR count). The maximum absolute atomic E-state index is 6.08. The molecule has 1 aliphatic heterocycles. The van der Waals surface area contributed by atoms with E-state index in [9.17, 15) is 0 Å². The first-order valence-electron chi connectivity index (χ1n) is 8.98. The van der Waals surface area contributed by atoms with Crippen molar-refractivity contribution < 1.29 is 4.74 Å². The predicted molar refractivity (Wildman–Crippen MR) is 115 cm³/mol. The van der Waals surface area contributed by atoms with E-state index < -0.39 is 0 Å². The minimum absolute atomic E-state index is 0. The number of aryl methyl sites for hydroxylation is 1. The molecular formula is C19H28IN5O. The largest absolute Gasteiger partial charge is 0.490 e. The van der Waals surface area contributed by atoms with Crippen LogP contribution >= 0.6 is 24.0 Å². The average molecular weight is 469 g/mol. The van der Waals surface area contributed by atoms with Crippen LogP contribution in [-0.4, -0.2) is 46.4 Å². The lowest BCUT2D eigenvalue weighted by atomic mass is 10.1. The first-order valence-corrected chi connectivity index (χ1v) is 8.98. The molecule has 2 aromatic rings. The van der Waals surface area contributed by atoms with Crippen LogP contribution in [0.25, 0.3) is 0 Å². The fourth-order valence-corrected chi connectivity index (χ4v) is 3.02. The third kappa shape index (κ3) is 5.62. The molecule has 0 saturated carbocycles. The smallest absolute Gasteiger partial charge is 0.194 e. The van der Waals surface area contributed by atoms with Crippen LogP contribution in [0, 0.1) is 0 Å². The number of hydrogen-bond donors (Lipinski definition) is 1. The molecule has 26 heavy (non-hydrogen) atoms. The molecule has 0 radical (unpaired) electrons. The highest BCUT2D eigenvalue weighted by Crippen LogP contribution is 2.18. The predicted octanol–water partition coefficient (Wildman–Crippen LogP) is 3.05. The van der Waals surface area contributed by atoms with Gasteiger partial charge in [-0.2, -0.15) is 5.10 Å². The van der Waals surface area contributed by atoms with Crippen molar-refractivity contribution in [2.75, 3.05) is 19.6 Å². The lowest BCUT2D eigenvalue weighted by Crippen LogP contribution is -2.47. The van der Waals surface area contributed by atoms with Gasteiger partial charge in [-0.05, 0) is 25.1 Å². The molecule has 6 nitrogen and oxygen atoms in total. The van der Waals surface area contributed by atoms with Crippen molar-refractivity contribution in [2.24, 2.45) is 12.0 Å². The molecule has 7 heteroatoms. The SMILES string of the molecule is CCNC(=NCc1ccnn1C)N1CCC(Oc2ccccc2)CC1.I. The monoisotopic (exact) mass is 469 g/mol. The number of aliphatic imine (C=N–C) groups is 1. The summed E-state index contributed by atoms with van der Waals surface area (Å²) in [7, 11) is 1.95. The summed E-state index contributed by atoms with van der Waals surface area (Å²) < 4.78 is 7.95. The minimum Gasteiger partial charge on any atom is -0.490 e. The highest BCUT2D eigenvalue weighted by atomic mass is 127. The molecule has 1 N–H and O–H groups in total. The summed E-state index contributed by atoms with van der Waals surface area (Å²) in [4.78, 5) is 7.10. The summed E-state index contributed by atoms with van der Waals surface area (Å²) in [5, 5.41) is 7.60. The standard InChI is InChI=1S/C19H27N5O.HI/c1-3-20-19(21-15-16-9-12-22-23(16)2)24-13-10-18(11-14-24)25-17-7-5-4-6-8-17;/h4-9,12,18H,3,10-11,13-15H2,1-2H3,(H,20,21);1H. The fourth-order valence-electron chi connectivity index (χ4n) is 3.02. The van der Waals surface area contributed by atoms with E-state index in [4.69, 9.17) is 9.73 Å². The van der Waals surface area contributed by atoms with Gasteiger partial charge in [-0.3, -0.25) is 4.68 Å². The summed E-state index contributed by atoms with van der Waals surface area (Å²) in [6, 6.07) is 12.1. The van der Waals surface area contributed by atoms with Crippen LogP contribution in [0.4, 0.5) is 0 Å². The summed E-state index contributed by atoms with van der Waals surface area (Å²) in [5.41, 5.74) is 1.11. The summed E-state index contributed by atoms with van der Waals surface area (Å²) in [6.45, 7) is 5.51. The molecule has 1 aromatic heterocycles. The van der Waals surface area contributed by atoms with E-state index in [0.29, 0.717) is 6.54 Å². The Bertz CT molecular complexity index is 680. The molecule has 0 aliphatic carbocycles. The summed E-state index contributed by atoms with van der Waals surface area (Å²) >= 11 is 0. The van der Waals surface area contributed by atoms with Crippen LogP contribution < -0.4 is 10.1 Å². The third-order valence-electron chi connectivity index (χ3n) is 4.44. The highest BCUT2D eigenvalue weighted by Gasteiger charge is 2.22. The molecule has 0 amide bonds. The first kappa shape index (κ1) is 20.5. The Balaban J connectivity index is 0.00000243. The molecule has 1 aromatic carbocycles. The Labute approximate surface area is 172 Å². The van der Waals surface area contributed by atoms with Crippen LogP contribution in [0.15, 0.2) is 47.6 Å². The summed E-state index contributed by atoms with van der Waals surface area (Å²) in [6.07, 6.45) is 4.10.